The molecular weight excluding hydrogens is 384 g/mol. The van der Waals surface area contributed by atoms with Crippen molar-refractivity contribution >= 4 is 5.91 Å². The molecule has 0 radical (unpaired) electrons. The molecule has 9 heteroatoms. The Morgan fingerprint density at radius 3 is 2.50 bits per heavy atom. The van der Waals surface area contributed by atoms with E-state index in [4.69, 9.17) is 9.47 Å². The molecule has 4 rings (SSSR count). The zero-order chi connectivity index (χ0) is 21.4. The molecule has 1 amide bonds. The molecule has 1 atom stereocenters. The van der Waals surface area contributed by atoms with Gasteiger partial charge in [-0.15, -0.1) is 5.10 Å². The normalized spacial score (nSPS) is 22.5. The van der Waals surface area contributed by atoms with Crippen molar-refractivity contribution in [2.45, 2.75) is 36.8 Å². The Balaban J connectivity index is 1.57. The maximum absolute atomic E-state index is 13.6. The molecule has 1 aromatic carbocycles. The first-order valence-electron chi connectivity index (χ1n) is 10.3. The largest absolute Gasteiger partial charge is 0.497 e. The second-order valence-electron chi connectivity index (χ2n) is 8.43. The van der Waals surface area contributed by atoms with Crippen LogP contribution in [-0.2, 0) is 27.0 Å². The van der Waals surface area contributed by atoms with Gasteiger partial charge >= 0.3 is 0 Å². The summed E-state index contributed by atoms with van der Waals surface area (Å²) >= 11 is 0. The van der Waals surface area contributed by atoms with Crippen LogP contribution >= 0.6 is 0 Å². The number of likely N-dealkylation sites (N-methyl/N-ethyl adjacent to an activating group) is 1. The third-order valence-electron chi connectivity index (χ3n) is 6.65. The summed E-state index contributed by atoms with van der Waals surface area (Å²) in [7, 11) is 7.37. The van der Waals surface area contributed by atoms with E-state index in [0.717, 1.165) is 36.4 Å². The van der Waals surface area contributed by atoms with Crippen molar-refractivity contribution in [3.8, 4) is 5.75 Å². The van der Waals surface area contributed by atoms with Crippen LogP contribution in [0.5, 0.6) is 5.75 Å². The molecule has 1 aromatic heterocycles. The van der Waals surface area contributed by atoms with Crippen molar-refractivity contribution in [3.63, 3.8) is 0 Å². The molecule has 9 nitrogen and oxygen atoms in total. The maximum Gasteiger partial charge on any atom is 0.233 e. The first-order valence-corrected chi connectivity index (χ1v) is 10.3. The number of methoxy groups -OCH3 is 2. The molecule has 0 spiro atoms. The van der Waals surface area contributed by atoms with Gasteiger partial charge in [0.1, 0.15) is 11.3 Å². The second-order valence-corrected chi connectivity index (χ2v) is 8.43. The predicted octanol–water partition coefficient (Wildman–Crippen LogP) is 1.05. The predicted molar refractivity (Wildman–Crippen MR) is 110 cm³/mol. The lowest BCUT2D eigenvalue weighted by atomic mass is 9.93. The summed E-state index contributed by atoms with van der Waals surface area (Å²) in [5, 5.41) is 12.4. The average Bonchev–Trinajstić information content (AvgIpc) is 3.21. The Morgan fingerprint density at radius 1 is 1.17 bits per heavy atom. The summed E-state index contributed by atoms with van der Waals surface area (Å²) in [6.45, 7) is 2.37. The highest BCUT2D eigenvalue weighted by molar-refractivity contribution is 5.91. The number of tetrazole rings is 1. The summed E-state index contributed by atoms with van der Waals surface area (Å²) in [6.07, 6.45) is 2.56. The fourth-order valence-corrected chi connectivity index (χ4v) is 4.54. The Hall–Kier alpha value is -2.52. The van der Waals surface area contributed by atoms with E-state index in [2.05, 4.69) is 20.4 Å². The molecule has 30 heavy (non-hydrogen) atoms. The molecule has 2 aromatic rings. The van der Waals surface area contributed by atoms with Crippen LogP contribution in [0.15, 0.2) is 24.3 Å². The summed E-state index contributed by atoms with van der Waals surface area (Å²) < 4.78 is 12.3. The SMILES string of the molecule is COCCn1nnnc1C1(N(C)C)CCN(C(=O)C2(c3ccc(OC)cc3)CC2)C1. The second kappa shape index (κ2) is 7.96. The molecule has 1 aliphatic carbocycles. The molecule has 1 unspecified atom stereocenters. The highest BCUT2D eigenvalue weighted by Gasteiger charge is 2.56. The van der Waals surface area contributed by atoms with E-state index >= 15 is 0 Å². The van der Waals surface area contributed by atoms with Crippen molar-refractivity contribution < 1.29 is 14.3 Å². The van der Waals surface area contributed by atoms with Gasteiger partial charge in [0.15, 0.2) is 5.82 Å². The Morgan fingerprint density at radius 2 is 1.90 bits per heavy atom. The van der Waals surface area contributed by atoms with Gasteiger partial charge < -0.3 is 14.4 Å². The third-order valence-corrected chi connectivity index (χ3v) is 6.65. The zero-order valence-electron chi connectivity index (χ0n) is 18.2. The van der Waals surface area contributed by atoms with Crippen LogP contribution in [0.25, 0.3) is 0 Å². The van der Waals surface area contributed by atoms with Crippen LogP contribution in [0.2, 0.25) is 0 Å². The molecule has 162 valence electrons. The van der Waals surface area contributed by atoms with Gasteiger partial charge in [0.25, 0.3) is 0 Å². The lowest BCUT2D eigenvalue weighted by Gasteiger charge is -2.35. The number of amides is 1. The lowest BCUT2D eigenvalue weighted by Crippen LogP contribution is -2.48. The Kier molecular flexibility index (Phi) is 5.50. The maximum atomic E-state index is 13.6. The number of aromatic nitrogens is 4. The highest BCUT2D eigenvalue weighted by Crippen LogP contribution is 2.51. The Bertz CT molecular complexity index is 892. The number of ether oxygens (including phenoxy) is 2. The van der Waals surface area contributed by atoms with E-state index < -0.39 is 11.0 Å². The summed E-state index contributed by atoms with van der Waals surface area (Å²) in [6, 6.07) is 7.90. The summed E-state index contributed by atoms with van der Waals surface area (Å²) in [5.74, 6) is 1.79. The van der Waals surface area contributed by atoms with Crippen LogP contribution in [0.4, 0.5) is 0 Å². The first kappa shape index (κ1) is 20.7. The molecule has 1 saturated carbocycles. The quantitative estimate of drug-likeness (QED) is 0.638. The monoisotopic (exact) mass is 414 g/mol. The minimum atomic E-state index is -0.414. The number of nitrogens with zero attached hydrogens (tertiary/aromatic N) is 6. The number of carbonyl (C=O) groups excluding carboxylic acids is 1. The third kappa shape index (κ3) is 3.35. The molecule has 0 bridgehead atoms. The van der Waals surface area contributed by atoms with Crippen LogP contribution in [-0.4, -0.2) is 83.9 Å². The van der Waals surface area contributed by atoms with E-state index in [0.29, 0.717) is 26.2 Å². The molecule has 0 N–H and O–H groups in total. The van der Waals surface area contributed by atoms with Gasteiger partial charge in [-0.2, -0.15) is 0 Å². The van der Waals surface area contributed by atoms with Crippen LogP contribution in [0.1, 0.15) is 30.7 Å². The van der Waals surface area contributed by atoms with Crippen molar-refractivity contribution in [3.05, 3.63) is 35.7 Å². The van der Waals surface area contributed by atoms with Crippen molar-refractivity contribution in [2.24, 2.45) is 0 Å². The summed E-state index contributed by atoms with van der Waals surface area (Å²) in [5.41, 5.74) is 0.250. The van der Waals surface area contributed by atoms with Gasteiger partial charge in [0.05, 0.1) is 25.7 Å². The number of hydrogen-bond acceptors (Lipinski definition) is 7. The van der Waals surface area contributed by atoms with Crippen LogP contribution in [0, 0.1) is 0 Å². The number of benzene rings is 1. The van der Waals surface area contributed by atoms with Gasteiger partial charge in [0.2, 0.25) is 5.91 Å². The molecule has 2 aliphatic rings. The van der Waals surface area contributed by atoms with Gasteiger partial charge in [-0.3, -0.25) is 9.69 Å². The number of rotatable bonds is 8. The molecule has 1 aliphatic heterocycles. The van der Waals surface area contributed by atoms with E-state index in [1.54, 1.807) is 18.9 Å². The number of carbonyl (C=O) groups is 1. The van der Waals surface area contributed by atoms with Crippen LogP contribution in [0.3, 0.4) is 0 Å². The highest BCUT2D eigenvalue weighted by atomic mass is 16.5. The van der Waals surface area contributed by atoms with Crippen LogP contribution < -0.4 is 4.74 Å². The fourth-order valence-electron chi connectivity index (χ4n) is 4.54. The fraction of sp³-hybridized carbons (Fsp3) is 0.619. The van der Waals surface area contributed by atoms with Gasteiger partial charge in [-0.25, -0.2) is 4.68 Å². The van der Waals surface area contributed by atoms with Gasteiger partial charge in [0, 0.05) is 20.2 Å². The number of likely N-dealkylation sites (tertiary alicyclic amines) is 1. The number of hydrogen-bond donors (Lipinski definition) is 0. The van der Waals surface area contributed by atoms with E-state index in [1.165, 1.54) is 0 Å². The van der Waals surface area contributed by atoms with Gasteiger partial charge in [-0.05, 0) is 61.5 Å². The standard InChI is InChI=1S/C21H30N6O3/c1-25(2)21(18-22-23-24-27(18)13-14-29-3)11-12-26(15-21)19(28)20(9-10-20)16-5-7-17(30-4)8-6-16/h5-8H,9-15H2,1-4H3. The Labute approximate surface area is 176 Å². The molecular formula is C21H30N6O3. The molecule has 2 fully saturated rings. The van der Waals surface area contributed by atoms with E-state index in [1.807, 2.05) is 43.3 Å². The van der Waals surface area contributed by atoms with Crippen molar-refractivity contribution in [2.75, 3.05) is 48.0 Å². The lowest BCUT2D eigenvalue weighted by molar-refractivity contribution is -0.133. The van der Waals surface area contributed by atoms with E-state index in [-0.39, 0.29) is 5.91 Å². The van der Waals surface area contributed by atoms with E-state index in [9.17, 15) is 4.79 Å². The first-order chi connectivity index (χ1) is 14.5. The smallest absolute Gasteiger partial charge is 0.233 e. The van der Waals surface area contributed by atoms with Gasteiger partial charge in [-0.1, -0.05) is 12.1 Å². The minimum Gasteiger partial charge on any atom is -0.497 e. The topological polar surface area (TPSA) is 85.6 Å². The average molecular weight is 415 g/mol. The van der Waals surface area contributed by atoms with Crippen molar-refractivity contribution in [1.29, 1.82) is 0 Å². The zero-order valence-corrected chi connectivity index (χ0v) is 18.2. The van der Waals surface area contributed by atoms with Crippen molar-refractivity contribution in [1.82, 2.24) is 30.0 Å². The summed E-state index contributed by atoms with van der Waals surface area (Å²) in [4.78, 5) is 17.8. The minimum absolute atomic E-state index is 0.201. The molecule has 2 heterocycles. The molecule has 1 saturated heterocycles.